The molecule has 1 saturated heterocycles. The third kappa shape index (κ3) is 1.70. The number of anilines is 1. The third-order valence-electron chi connectivity index (χ3n) is 3.76. The smallest absolute Gasteiger partial charge is 0.364 e. The van der Waals surface area contributed by atoms with Crippen molar-refractivity contribution in [3.8, 4) is 0 Å². The SMILES string of the molecule is Cn1c(=O)n(O)c(=O)c2cc(F)c(N3CCCC3)cc21. The second-order valence-electron chi connectivity index (χ2n) is 4.97. The molecule has 0 atom stereocenters. The predicted molar refractivity (Wildman–Crippen MR) is 72.0 cm³/mol. The van der Waals surface area contributed by atoms with Crippen molar-refractivity contribution in [2.24, 2.45) is 7.05 Å². The van der Waals surface area contributed by atoms with Crippen LogP contribution in [0.3, 0.4) is 0 Å². The zero-order valence-corrected chi connectivity index (χ0v) is 11.0. The maximum Gasteiger partial charge on any atom is 0.364 e. The number of aryl methyl sites for hydroxylation is 1. The van der Waals surface area contributed by atoms with Crippen molar-refractivity contribution < 1.29 is 9.60 Å². The Morgan fingerprint density at radius 1 is 1.20 bits per heavy atom. The van der Waals surface area contributed by atoms with Gasteiger partial charge in [-0.2, -0.15) is 0 Å². The molecule has 20 heavy (non-hydrogen) atoms. The highest BCUT2D eigenvalue weighted by atomic mass is 19.1. The van der Waals surface area contributed by atoms with Gasteiger partial charge in [-0.05, 0) is 25.0 Å². The van der Waals surface area contributed by atoms with Crippen LogP contribution in [0.5, 0.6) is 0 Å². The summed E-state index contributed by atoms with van der Waals surface area (Å²) in [5, 5.41) is 9.38. The van der Waals surface area contributed by atoms with Gasteiger partial charge in [0.1, 0.15) is 5.82 Å². The van der Waals surface area contributed by atoms with E-state index in [2.05, 4.69) is 0 Å². The first-order valence-corrected chi connectivity index (χ1v) is 6.40. The van der Waals surface area contributed by atoms with Crippen molar-refractivity contribution in [3.63, 3.8) is 0 Å². The topological polar surface area (TPSA) is 67.5 Å². The van der Waals surface area contributed by atoms with Crippen molar-refractivity contribution in [1.29, 1.82) is 0 Å². The molecule has 1 aromatic carbocycles. The van der Waals surface area contributed by atoms with Gasteiger partial charge in [0.15, 0.2) is 0 Å². The maximum absolute atomic E-state index is 14.2. The molecule has 7 heteroatoms. The van der Waals surface area contributed by atoms with Crippen LogP contribution in [0.15, 0.2) is 21.7 Å². The molecule has 1 aromatic heterocycles. The number of halogens is 1. The summed E-state index contributed by atoms with van der Waals surface area (Å²) in [7, 11) is 1.43. The van der Waals surface area contributed by atoms with Crippen LogP contribution < -0.4 is 16.1 Å². The van der Waals surface area contributed by atoms with Gasteiger partial charge in [0.25, 0.3) is 5.56 Å². The van der Waals surface area contributed by atoms with Gasteiger partial charge in [-0.1, -0.05) is 4.73 Å². The monoisotopic (exact) mass is 279 g/mol. The lowest BCUT2D eigenvalue weighted by Crippen LogP contribution is -2.37. The first-order valence-electron chi connectivity index (χ1n) is 6.40. The van der Waals surface area contributed by atoms with E-state index in [4.69, 9.17) is 0 Å². The standard InChI is InChI=1S/C13H14FN3O3/c1-15-10-7-11(16-4-2-3-5-16)9(14)6-8(10)12(18)17(20)13(15)19/h6-7,20H,2-5H2,1H3. The van der Waals surface area contributed by atoms with Crippen molar-refractivity contribution in [2.45, 2.75) is 12.8 Å². The van der Waals surface area contributed by atoms with Crippen LogP contribution in [0, 0.1) is 5.82 Å². The highest BCUT2D eigenvalue weighted by Gasteiger charge is 2.19. The number of hydrogen-bond donors (Lipinski definition) is 1. The lowest BCUT2D eigenvalue weighted by atomic mass is 10.2. The van der Waals surface area contributed by atoms with Crippen LogP contribution in [-0.4, -0.2) is 27.6 Å². The molecule has 0 radical (unpaired) electrons. The first kappa shape index (κ1) is 12.7. The second-order valence-corrected chi connectivity index (χ2v) is 4.97. The fraction of sp³-hybridized carbons (Fsp3) is 0.385. The summed E-state index contributed by atoms with van der Waals surface area (Å²) in [6, 6.07) is 2.58. The van der Waals surface area contributed by atoms with Gasteiger partial charge < -0.3 is 10.1 Å². The summed E-state index contributed by atoms with van der Waals surface area (Å²) in [4.78, 5) is 25.4. The minimum absolute atomic E-state index is 0.00268. The van der Waals surface area contributed by atoms with Crippen LogP contribution >= 0.6 is 0 Å². The number of fused-ring (bicyclic) bond motifs is 1. The summed E-state index contributed by atoms with van der Waals surface area (Å²) < 4.78 is 15.3. The van der Waals surface area contributed by atoms with Crippen LogP contribution in [0.25, 0.3) is 10.9 Å². The van der Waals surface area contributed by atoms with E-state index in [1.165, 1.54) is 13.1 Å². The number of rotatable bonds is 1. The van der Waals surface area contributed by atoms with Gasteiger partial charge in [-0.25, -0.2) is 9.18 Å². The average molecular weight is 279 g/mol. The lowest BCUT2D eigenvalue weighted by molar-refractivity contribution is 0.158. The van der Waals surface area contributed by atoms with E-state index in [0.717, 1.165) is 36.6 Å². The Kier molecular flexibility index (Phi) is 2.77. The predicted octanol–water partition coefficient (Wildman–Crippen LogP) is 0.677. The maximum atomic E-state index is 14.2. The van der Waals surface area contributed by atoms with Crippen LogP contribution in [0.4, 0.5) is 10.1 Å². The lowest BCUT2D eigenvalue weighted by Gasteiger charge is -2.19. The Balaban J connectivity index is 2.35. The van der Waals surface area contributed by atoms with Crippen molar-refractivity contribution in [1.82, 2.24) is 9.30 Å². The van der Waals surface area contributed by atoms with E-state index in [1.807, 2.05) is 4.90 Å². The van der Waals surface area contributed by atoms with Gasteiger partial charge >= 0.3 is 5.69 Å². The molecule has 0 saturated carbocycles. The number of aromatic nitrogens is 2. The van der Waals surface area contributed by atoms with E-state index in [9.17, 15) is 19.2 Å². The van der Waals surface area contributed by atoms with Gasteiger partial charge in [0, 0.05) is 20.1 Å². The minimum Gasteiger partial charge on any atom is -0.421 e. The quantitative estimate of drug-likeness (QED) is 0.779. The highest BCUT2D eigenvalue weighted by Crippen LogP contribution is 2.26. The number of nitrogens with zero attached hydrogens (tertiary/aromatic N) is 3. The Morgan fingerprint density at radius 3 is 2.50 bits per heavy atom. The van der Waals surface area contributed by atoms with Gasteiger partial charge in [0.2, 0.25) is 0 Å². The molecule has 3 rings (SSSR count). The summed E-state index contributed by atoms with van der Waals surface area (Å²) in [6.07, 6.45) is 1.99. The molecule has 0 aliphatic carbocycles. The summed E-state index contributed by atoms with van der Waals surface area (Å²) in [5.41, 5.74) is -1.05. The average Bonchev–Trinajstić information content (AvgIpc) is 2.96. The third-order valence-corrected chi connectivity index (χ3v) is 3.76. The molecule has 1 aliphatic rings. The first-order chi connectivity index (χ1) is 9.50. The van der Waals surface area contributed by atoms with Crippen LogP contribution in [-0.2, 0) is 7.05 Å². The van der Waals surface area contributed by atoms with E-state index >= 15 is 0 Å². The van der Waals surface area contributed by atoms with Gasteiger partial charge in [-0.3, -0.25) is 9.36 Å². The number of benzene rings is 1. The Hall–Kier alpha value is -2.31. The van der Waals surface area contributed by atoms with Gasteiger partial charge in [-0.15, -0.1) is 0 Å². The van der Waals surface area contributed by atoms with E-state index < -0.39 is 17.1 Å². The zero-order chi connectivity index (χ0) is 14.4. The largest absolute Gasteiger partial charge is 0.421 e. The van der Waals surface area contributed by atoms with Gasteiger partial charge in [0.05, 0.1) is 16.6 Å². The van der Waals surface area contributed by atoms with Crippen LogP contribution in [0.2, 0.25) is 0 Å². The van der Waals surface area contributed by atoms with E-state index in [-0.39, 0.29) is 10.1 Å². The Labute approximate surface area is 113 Å². The molecule has 0 amide bonds. The zero-order valence-electron chi connectivity index (χ0n) is 11.0. The fourth-order valence-electron chi connectivity index (χ4n) is 2.65. The molecule has 0 unspecified atom stereocenters. The summed E-state index contributed by atoms with van der Waals surface area (Å²) in [5.74, 6) is -0.518. The second kappa shape index (κ2) is 4.36. The molecule has 1 N–H and O–H groups in total. The molecular formula is C13H14FN3O3. The molecule has 1 fully saturated rings. The molecular weight excluding hydrogens is 265 g/mol. The molecule has 2 aromatic rings. The molecule has 1 aliphatic heterocycles. The summed E-state index contributed by atoms with van der Waals surface area (Å²) in [6.45, 7) is 1.51. The molecule has 2 heterocycles. The molecule has 0 spiro atoms. The molecule has 6 nitrogen and oxygen atoms in total. The minimum atomic E-state index is -0.907. The highest BCUT2D eigenvalue weighted by molar-refractivity contribution is 5.82. The van der Waals surface area contributed by atoms with Crippen LogP contribution in [0.1, 0.15) is 12.8 Å². The van der Waals surface area contributed by atoms with Crippen molar-refractivity contribution >= 4 is 16.6 Å². The molecule has 0 bridgehead atoms. The fourth-order valence-corrected chi connectivity index (χ4v) is 2.65. The van der Waals surface area contributed by atoms with Crippen molar-refractivity contribution in [3.05, 3.63) is 38.8 Å². The molecule has 106 valence electrons. The number of hydrogen-bond acceptors (Lipinski definition) is 4. The van der Waals surface area contributed by atoms with E-state index in [1.54, 1.807) is 0 Å². The Morgan fingerprint density at radius 2 is 1.85 bits per heavy atom. The van der Waals surface area contributed by atoms with E-state index in [0.29, 0.717) is 11.2 Å². The van der Waals surface area contributed by atoms with Crippen molar-refractivity contribution in [2.75, 3.05) is 18.0 Å². The normalized spacial score (nSPS) is 15.2. The Bertz CT molecular complexity index is 803. The summed E-state index contributed by atoms with van der Waals surface area (Å²) >= 11 is 0.